The first-order chi connectivity index (χ1) is 29.2. The minimum atomic E-state index is -0.891. The predicted molar refractivity (Wildman–Crippen MR) is 241 cm³/mol. The number of benzene rings is 1. The van der Waals surface area contributed by atoms with Gasteiger partial charge in [-0.25, -0.2) is 0 Å². The number of nitrogens with zero attached hydrogens (tertiary/aromatic N) is 3. The highest BCUT2D eigenvalue weighted by Gasteiger charge is 2.43. The molecule has 2 rings (SSSR count). The smallest absolute Gasteiger partial charge is 0.308 e. The van der Waals surface area contributed by atoms with E-state index in [1.165, 1.54) is 7.11 Å². The quantitative estimate of drug-likeness (QED) is 0.0910. The van der Waals surface area contributed by atoms with Crippen molar-refractivity contribution in [3.05, 3.63) is 35.9 Å². The fourth-order valence-electron chi connectivity index (χ4n) is 8.52. The van der Waals surface area contributed by atoms with E-state index in [9.17, 15) is 28.8 Å². The van der Waals surface area contributed by atoms with Crippen molar-refractivity contribution in [2.75, 3.05) is 55.1 Å². The molecule has 5 amide bonds. The third kappa shape index (κ3) is 15.6. The molecule has 0 saturated carbocycles. The maximum Gasteiger partial charge on any atom is 0.308 e. The van der Waals surface area contributed by atoms with Gasteiger partial charge in [-0.15, -0.1) is 0 Å². The summed E-state index contributed by atoms with van der Waals surface area (Å²) in [6.45, 7) is 18.0. The Morgan fingerprint density at radius 3 is 2.02 bits per heavy atom. The number of carbonyl (C=O) groups excluding carboxylic acids is 6. The van der Waals surface area contributed by atoms with E-state index in [-0.39, 0.29) is 85.2 Å². The van der Waals surface area contributed by atoms with Crippen LogP contribution < -0.4 is 16.0 Å². The number of hydrogen-bond acceptors (Lipinski definition) is 10. The van der Waals surface area contributed by atoms with E-state index < -0.39 is 48.3 Å². The van der Waals surface area contributed by atoms with E-state index in [0.29, 0.717) is 32.2 Å². The number of esters is 1. The van der Waals surface area contributed by atoms with Gasteiger partial charge >= 0.3 is 5.97 Å². The van der Waals surface area contributed by atoms with Crippen molar-refractivity contribution >= 4 is 35.5 Å². The minimum absolute atomic E-state index is 0.0125. The van der Waals surface area contributed by atoms with Crippen molar-refractivity contribution in [3.63, 3.8) is 0 Å². The molecule has 9 atom stereocenters. The summed E-state index contributed by atoms with van der Waals surface area (Å²) in [4.78, 5) is 86.8. The summed E-state index contributed by atoms with van der Waals surface area (Å²) in [7, 11) is 8.49. The van der Waals surface area contributed by atoms with Crippen LogP contribution in [0.2, 0.25) is 0 Å². The first-order valence-corrected chi connectivity index (χ1v) is 22.6. The molecule has 0 aromatic heterocycles. The second-order valence-corrected chi connectivity index (χ2v) is 18.2. The number of likely N-dealkylation sites (N-methyl/N-ethyl adjacent to an activating group) is 2. The van der Waals surface area contributed by atoms with Crippen molar-refractivity contribution in [1.29, 1.82) is 0 Å². The molecule has 62 heavy (non-hydrogen) atoms. The van der Waals surface area contributed by atoms with Gasteiger partial charge in [0.25, 0.3) is 0 Å². The van der Waals surface area contributed by atoms with Crippen LogP contribution in [0.25, 0.3) is 0 Å². The van der Waals surface area contributed by atoms with E-state index >= 15 is 0 Å². The molecule has 1 heterocycles. The lowest BCUT2D eigenvalue weighted by molar-refractivity contribution is -0.148. The van der Waals surface area contributed by atoms with E-state index in [1.54, 1.807) is 44.7 Å². The molecule has 0 unspecified atom stereocenters. The molecule has 1 fully saturated rings. The van der Waals surface area contributed by atoms with Gasteiger partial charge in [0.05, 0.1) is 55.2 Å². The molecule has 0 radical (unpaired) electrons. The second-order valence-electron chi connectivity index (χ2n) is 18.2. The summed E-state index contributed by atoms with van der Waals surface area (Å²) in [5.41, 5.74) is 0.867. The third-order valence-electron chi connectivity index (χ3n) is 12.2. The maximum atomic E-state index is 14.4. The number of ether oxygens (including phenoxy) is 3. The highest BCUT2D eigenvalue weighted by atomic mass is 16.5. The summed E-state index contributed by atoms with van der Waals surface area (Å²) >= 11 is 0. The number of methoxy groups -OCH3 is 2. The largest absolute Gasteiger partial charge is 0.465 e. The molecule has 15 nitrogen and oxygen atoms in total. The summed E-state index contributed by atoms with van der Waals surface area (Å²) in [5.74, 6) is -2.90. The molecule has 0 spiro atoms. The van der Waals surface area contributed by atoms with Crippen LogP contribution in [-0.4, -0.2) is 148 Å². The number of hydrogen-bond donors (Lipinski definition) is 3. The van der Waals surface area contributed by atoms with Gasteiger partial charge in [0.15, 0.2) is 0 Å². The van der Waals surface area contributed by atoms with Crippen LogP contribution >= 0.6 is 0 Å². The molecular formula is C47H80N6O9. The Kier molecular flexibility index (Phi) is 23.1. The average Bonchev–Trinajstić information content (AvgIpc) is 3.71. The first kappa shape index (κ1) is 54.1. The lowest BCUT2D eigenvalue weighted by Crippen LogP contribution is -2.59. The molecular weight excluding hydrogens is 793 g/mol. The van der Waals surface area contributed by atoms with Crippen LogP contribution in [0.4, 0.5) is 0 Å². The number of nitrogens with one attached hydrogen (secondary N) is 3. The molecule has 1 aliphatic rings. The highest BCUT2D eigenvalue weighted by molar-refractivity contribution is 5.90. The topological polar surface area (TPSA) is 176 Å². The van der Waals surface area contributed by atoms with E-state index in [0.717, 1.165) is 5.56 Å². The molecule has 1 saturated heterocycles. The predicted octanol–water partition coefficient (Wildman–Crippen LogP) is 4.07. The third-order valence-corrected chi connectivity index (χ3v) is 12.2. The minimum Gasteiger partial charge on any atom is -0.465 e. The molecule has 0 bridgehead atoms. The van der Waals surface area contributed by atoms with Gasteiger partial charge in [-0.1, -0.05) is 99.1 Å². The van der Waals surface area contributed by atoms with Gasteiger partial charge in [0.2, 0.25) is 29.5 Å². The highest BCUT2D eigenvalue weighted by Crippen LogP contribution is 2.30. The van der Waals surface area contributed by atoms with Gasteiger partial charge in [0.1, 0.15) is 12.1 Å². The molecule has 1 aromatic carbocycles. The number of amides is 5. The molecule has 1 aromatic rings. The second kappa shape index (κ2) is 26.5. The summed E-state index contributed by atoms with van der Waals surface area (Å²) < 4.78 is 17.3. The first-order valence-electron chi connectivity index (χ1n) is 22.6. The zero-order valence-electron chi connectivity index (χ0n) is 40.2. The van der Waals surface area contributed by atoms with Crippen molar-refractivity contribution < 1.29 is 43.0 Å². The normalized spacial score (nSPS) is 18.1. The fraction of sp³-hybridized carbons (Fsp3) is 0.745. The van der Waals surface area contributed by atoms with Crippen molar-refractivity contribution in [2.45, 2.75) is 143 Å². The van der Waals surface area contributed by atoms with E-state index in [4.69, 9.17) is 14.2 Å². The fourth-order valence-corrected chi connectivity index (χ4v) is 8.52. The SMILES string of the molecule is CC[C@H](C)[C@@H]([C@@H](CC(=O)N1CCC[C@H]1[C@H](OC)[C@@H](C)C(=O)N[C@@H](Cc1ccccc1)C(=O)NCCCOC(=O)C(C)C)OC)N(C)C(=O)[C@@H](NC(=O)[C@H](C(C)C)N(C)C)C(C)C. The van der Waals surface area contributed by atoms with Crippen LogP contribution in [0.3, 0.4) is 0 Å². The Balaban J connectivity index is 2.27. The van der Waals surface area contributed by atoms with Crippen LogP contribution in [0, 0.1) is 29.6 Å². The molecule has 3 N–H and O–H groups in total. The van der Waals surface area contributed by atoms with E-state index in [1.807, 2.05) is 90.9 Å². The Morgan fingerprint density at radius 2 is 1.48 bits per heavy atom. The lowest BCUT2D eigenvalue weighted by atomic mass is 9.89. The zero-order chi connectivity index (χ0) is 46.8. The van der Waals surface area contributed by atoms with Crippen molar-refractivity contribution in [2.24, 2.45) is 29.6 Å². The Hall–Kier alpha value is -4.08. The van der Waals surface area contributed by atoms with Gasteiger partial charge in [0, 0.05) is 40.8 Å². The van der Waals surface area contributed by atoms with E-state index in [2.05, 4.69) is 16.0 Å². The number of carbonyl (C=O) groups is 6. The maximum absolute atomic E-state index is 14.4. The Morgan fingerprint density at radius 1 is 0.839 bits per heavy atom. The average molecular weight is 873 g/mol. The summed E-state index contributed by atoms with van der Waals surface area (Å²) in [6, 6.07) is 6.41. The standard InChI is InChI=1S/C47H80N6O9/c1-15-32(8)41(52(12)46(58)39(29(2)3)50-45(57)40(30(4)5)51(10)11)37(60-13)28-38(54)53-25-19-23-36(53)42(61-14)33(9)43(55)49-35(27-34-21-17-16-18-22-34)44(56)48-24-20-26-62-47(59)31(6)7/h16-18,21-22,29-33,35-37,39-42H,15,19-20,23-28H2,1-14H3,(H,48,56)(H,49,55)(H,50,57)/t32-,33+,35-,36-,37+,39-,40-,41-,42+/m0/s1. The van der Waals surface area contributed by atoms with Crippen molar-refractivity contribution in [1.82, 2.24) is 30.7 Å². The van der Waals surface area contributed by atoms with Gasteiger partial charge in [-0.2, -0.15) is 0 Å². The lowest BCUT2D eigenvalue weighted by Gasteiger charge is -2.41. The molecule has 1 aliphatic heterocycles. The van der Waals surface area contributed by atoms with Gasteiger partial charge < -0.3 is 40.0 Å². The summed E-state index contributed by atoms with van der Waals surface area (Å²) in [5, 5.41) is 8.87. The summed E-state index contributed by atoms with van der Waals surface area (Å²) in [6.07, 6.45) is 1.36. The van der Waals surface area contributed by atoms with Crippen LogP contribution in [0.15, 0.2) is 30.3 Å². The molecule has 15 heteroatoms. The van der Waals surface area contributed by atoms with Crippen LogP contribution in [-0.2, 0) is 49.4 Å². The van der Waals surface area contributed by atoms with Gasteiger partial charge in [-0.05, 0) is 56.7 Å². The molecule has 0 aliphatic carbocycles. The van der Waals surface area contributed by atoms with Crippen LogP contribution in [0.5, 0.6) is 0 Å². The van der Waals surface area contributed by atoms with Gasteiger partial charge in [-0.3, -0.25) is 33.7 Å². The monoisotopic (exact) mass is 873 g/mol. The van der Waals surface area contributed by atoms with Crippen LogP contribution in [0.1, 0.15) is 100.0 Å². The molecule has 352 valence electrons. The Bertz CT molecular complexity index is 1570. The number of rotatable bonds is 26. The number of likely N-dealkylation sites (tertiary alicyclic amines) is 1. The Labute approximate surface area is 372 Å². The zero-order valence-corrected chi connectivity index (χ0v) is 40.2. The van der Waals surface area contributed by atoms with Crippen molar-refractivity contribution in [3.8, 4) is 0 Å².